The summed E-state index contributed by atoms with van der Waals surface area (Å²) in [6, 6.07) is 12.5. The molecular formula is C19H22N2O2S. The number of phenols is 1. The molecule has 24 heavy (non-hydrogen) atoms. The number of rotatable bonds is 3. The first kappa shape index (κ1) is 17.9. The molecule has 126 valence electrons. The zero-order chi connectivity index (χ0) is 17.9. The lowest BCUT2D eigenvalue weighted by Gasteiger charge is -2.21. The van der Waals surface area contributed by atoms with Crippen molar-refractivity contribution in [3.05, 3.63) is 53.6 Å². The van der Waals surface area contributed by atoms with Crippen molar-refractivity contribution in [2.24, 2.45) is 0 Å². The van der Waals surface area contributed by atoms with Gasteiger partial charge in [-0.2, -0.15) is 0 Å². The van der Waals surface area contributed by atoms with Crippen LogP contribution < -0.4 is 10.6 Å². The number of carbonyl (C=O) groups is 1. The second-order valence-electron chi connectivity index (χ2n) is 6.69. The van der Waals surface area contributed by atoms with Crippen LogP contribution >= 0.6 is 12.2 Å². The average molecular weight is 342 g/mol. The average Bonchev–Trinajstić information content (AvgIpc) is 2.48. The molecule has 0 fully saturated rings. The Morgan fingerprint density at radius 3 is 2.21 bits per heavy atom. The summed E-state index contributed by atoms with van der Waals surface area (Å²) in [6.45, 7) is 7.85. The normalized spacial score (nSPS) is 11.0. The van der Waals surface area contributed by atoms with E-state index in [0.29, 0.717) is 16.4 Å². The summed E-state index contributed by atoms with van der Waals surface area (Å²) in [5.41, 5.74) is 3.04. The van der Waals surface area contributed by atoms with Gasteiger partial charge >= 0.3 is 0 Å². The van der Waals surface area contributed by atoms with Gasteiger partial charge in [-0.1, -0.05) is 26.8 Å². The van der Waals surface area contributed by atoms with Gasteiger partial charge in [0.25, 0.3) is 0 Å². The summed E-state index contributed by atoms with van der Waals surface area (Å²) >= 11 is 5.30. The van der Waals surface area contributed by atoms with Crippen molar-refractivity contribution in [1.29, 1.82) is 0 Å². The number of phenolic OH excluding ortho intramolecular Hbond substituents is 1. The van der Waals surface area contributed by atoms with Crippen LogP contribution in [0.4, 0.5) is 11.4 Å². The van der Waals surface area contributed by atoms with Crippen molar-refractivity contribution >= 4 is 34.5 Å². The van der Waals surface area contributed by atoms with Crippen LogP contribution in [0.1, 0.15) is 43.6 Å². The lowest BCUT2D eigenvalue weighted by Crippen LogP contribution is -2.20. The highest BCUT2D eigenvalue weighted by Gasteiger charge is 2.16. The van der Waals surface area contributed by atoms with Crippen LogP contribution in [0.2, 0.25) is 0 Å². The molecule has 0 radical (unpaired) electrons. The number of aromatic hydroxyl groups is 1. The molecule has 2 aromatic rings. The third kappa shape index (κ3) is 4.55. The molecule has 0 spiro atoms. The molecule has 0 unspecified atom stereocenters. The summed E-state index contributed by atoms with van der Waals surface area (Å²) in [6.07, 6.45) is 0. The topological polar surface area (TPSA) is 61.4 Å². The number of nitrogens with one attached hydrogen (secondary N) is 2. The molecule has 0 amide bonds. The standard InChI is InChI=1S/C19H22N2O2S/c1-12(22)13-5-8-15(9-6-13)20-18(24)21-16-11-14(19(2,3)4)7-10-17(16)23/h5-11,23H,1-4H3,(H2,20,21,24). The molecule has 0 bridgehead atoms. The summed E-state index contributed by atoms with van der Waals surface area (Å²) in [5, 5.41) is 16.4. The molecular weight excluding hydrogens is 320 g/mol. The van der Waals surface area contributed by atoms with Gasteiger partial charge in [0, 0.05) is 11.3 Å². The van der Waals surface area contributed by atoms with Crippen LogP contribution in [0, 0.1) is 0 Å². The number of carbonyl (C=O) groups excluding carboxylic acids is 1. The third-order valence-corrected chi connectivity index (χ3v) is 3.86. The summed E-state index contributed by atoms with van der Waals surface area (Å²) < 4.78 is 0. The van der Waals surface area contributed by atoms with Gasteiger partial charge in [-0.25, -0.2) is 0 Å². The Bertz CT molecular complexity index is 762. The lowest BCUT2D eigenvalue weighted by molar-refractivity contribution is 0.101. The van der Waals surface area contributed by atoms with Gasteiger partial charge in [-0.05, 0) is 66.5 Å². The van der Waals surface area contributed by atoms with Gasteiger partial charge in [0.15, 0.2) is 10.9 Å². The van der Waals surface area contributed by atoms with Crippen LogP contribution in [-0.4, -0.2) is 16.0 Å². The van der Waals surface area contributed by atoms with E-state index in [0.717, 1.165) is 11.3 Å². The van der Waals surface area contributed by atoms with Crippen molar-refractivity contribution in [3.63, 3.8) is 0 Å². The summed E-state index contributed by atoms with van der Waals surface area (Å²) in [4.78, 5) is 11.3. The number of thiocarbonyl (C=S) groups is 1. The minimum atomic E-state index is -0.0261. The van der Waals surface area contributed by atoms with E-state index in [1.54, 1.807) is 30.3 Å². The Morgan fingerprint density at radius 1 is 1.04 bits per heavy atom. The predicted molar refractivity (Wildman–Crippen MR) is 103 cm³/mol. The molecule has 0 heterocycles. The quantitative estimate of drug-likeness (QED) is 0.429. The molecule has 2 rings (SSSR count). The van der Waals surface area contributed by atoms with Crippen molar-refractivity contribution < 1.29 is 9.90 Å². The van der Waals surface area contributed by atoms with Gasteiger partial charge in [0.1, 0.15) is 5.75 Å². The molecule has 0 aliphatic rings. The van der Waals surface area contributed by atoms with Crippen molar-refractivity contribution in [1.82, 2.24) is 0 Å². The monoisotopic (exact) mass is 342 g/mol. The van der Waals surface area contributed by atoms with Gasteiger partial charge in [0.05, 0.1) is 5.69 Å². The van der Waals surface area contributed by atoms with Crippen LogP contribution in [0.25, 0.3) is 0 Å². The van der Waals surface area contributed by atoms with Crippen LogP contribution in [-0.2, 0) is 5.41 Å². The first-order valence-electron chi connectivity index (χ1n) is 7.69. The second kappa shape index (κ2) is 7.01. The molecule has 2 aromatic carbocycles. The van der Waals surface area contributed by atoms with E-state index in [9.17, 15) is 9.90 Å². The fourth-order valence-corrected chi connectivity index (χ4v) is 2.40. The van der Waals surface area contributed by atoms with E-state index in [-0.39, 0.29) is 16.9 Å². The summed E-state index contributed by atoms with van der Waals surface area (Å²) in [7, 11) is 0. The Balaban J connectivity index is 2.11. The number of ketones is 1. The molecule has 5 heteroatoms. The first-order valence-corrected chi connectivity index (χ1v) is 8.10. The fourth-order valence-electron chi connectivity index (χ4n) is 2.18. The molecule has 0 aliphatic carbocycles. The predicted octanol–water partition coefficient (Wildman–Crippen LogP) is 4.70. The minimum Gasteiger partial charge on any atom is -0.506 e. The number of hydrogen-bond acceptors (Lipinski definition) is 3. The molecule has 0 atom stereocenters. The van der Waals surface area contributed by atoms with E-state index in [1.165, 1.54) is 6.92 Å². The second-order valence-corrected chi connectivity index (χ2v) is 7.10. The molecule has 0 aliphatic heterocycles. The van der Waals surface area contributed by atoms with Gasteiger partial charge in [-0.15, -0.1) is 0 Å². The van der Waals surface area contributed by atoms with Crippen LogP contribution in [0.5, 0.6) is 5.75 Å². The van der Waals surface area contributed by atoms with Crippen molar-refractivity contribution in [2.45, 2.75) is 33.1 Å². The Labute approximate surface area is 147 Å². The van der Waals surface area contributed by atoms with E-state index in [4.69, 9.17) is 12.2 Å². The van der Waals surface area contributed by atoms with Crippen LogP contribution in [0.3, 0.4) is 0 Å². The maximum Gasteiger partial charge on any atom is 0.175 e. The highest BCUT2D eigenvalue weighted by Crippen LogP contribution is 2.30. The van der Waals surface area contributed by atoms with Gasteiger partial charge < -0.3 is 15.7 Å². The van der Waals surface area contributed by atoms with Crippen molar-refractivity contribution in [2.75, 3.05) is 10.6 Å². The smallest absolute Gasteiger partial charge is 0.175 e. The molecule has 4 nitrogen and oxygen atoms in total. The molecule has 0 aromatic heterocycles. The molecule has 0 saturated heterocycles. The number of anilines is 2. The zero-order valence-corrected chi connectivity index (χ0v) is 15.1. The Hall–Kier alpha value is -2.40. The number of benzene rings is 2. The fraction of sp³-hybridized carbons (Fsp3) is 0.263. The lowest BCUT2D eigenvalue weighted by atomic mass is 9.87. The van der Waals surface area contributed by atoms with Gasteiger partial charge in [0.2, 0.25) is 0 Å². The largest absolute Gasteiger partial charge is 0.506 e. The highest BCUT2D eigenvalue weighted by molar-refractivity contribution is 7.80. The van der Waals surface area contributed by atoms with E-state index >= 15 is 0 Å². The van der Waals surface area contributed by atoms with Crippen molar-refractivity contribution in [3.8, 4) is 5.75 Å². The SMILES string of the molecule is CC(=O)c1ccc(NC(=S)Nc2cc(C(C)(C)C)ccc2O)cc1. The van der Waals surface area contributed by atoms with Crippen LogP contribution in [0.15, 0.2) is 42.5 Å². The van der Waals surface area contributed by atoms with E-state index in [2.05, 4.69) is 31.4 Å². The zero-order valence-electron chi connectivity index (χ0n) is 14.3. The maximum atomic E-state index is 11.3. The van der Waals surface area contributed by atoms with Gasteiger partial charge in [-0.3, -0.25) is 4.79 Å². The van der Waals surface area contributed by atoms with E-state index < -0.39 is 0 Å². The number of hydrogen-bond donors (Lipinski definition) is 3. The Morgan fingerprint density at radius 2 is 1.67 bits per heavy atom. The Kier molecular flexibility index (Phi) is 5.24. The third-order valence-electron chi connectivity index (χ3n) is 3.66. The molecule has 0 saturated carbocycles. The number of Topliss-reactive ketones (excluding diaryl/α,β-unsaturated/α-hetero) is 1. The first-order chi connectivity index (χ1) is 11.2. The maximum absolute atomic E-state index is 11.3. The minimum absolute atomic E-state index is 0.0196. The highest BCUT2D eigenvalue weighted by atomic mass is 32.1. The van der Waals surface area contributed by atoms with E-state index in [1.807, 2.05) is 12.1 Å². The molecule has 3 N–H and O–H groups in total. The summed E-state index contributed by atoms with van der Waals surface area (Å²) in [5.74, 6) is 0.158.